The zero-order chi connectivity index (χ0) is 21.7. The summed E-state index contributed by atoms with van der Waals surface area (Å²) in [5, 5.41) is 18.2. The van der Waals surface area contributed by atoms with Crippen LogP contribution in [-0.2, 0) is 6.42 Å². The molecule has 0 aliphatic carbocycles. The average molecular weight is 430 g/mol. The lowest BCUT2D eigenvalue weighted by atomic mass is 10.1. The summed E-state index contributed by atoms with van der Waals surface area (Å²) >= 11 is 1.41. The minimum Gasteiger partial charge on any atom is -0.493 e. The quantitative estimate of drug-likeness (QED) is 0.384. The molecule has 0 radical (unpaired) electrons. The van der Waals surface area contributed by atoms with Gasteiger partial charge in [0.25, 0.3) is 0 Å². The molecule has 0 atom stereocenters. The van der Waals surface area contributed by atoms with Gasteiger partial charge in [0, 0.05) is 11.4 Å². The van der Waals surface area contributed by atoms with Gasteiger partial charge in [-0.05, 0) is 38.0 Å². The van der Waals surface area contributed by atoms with Crippen molar-refractivity contribution < 1.29 is 14.4 Å². The molecule has 158 valence electrons. The minimum atomic E-state index is -0.506. The fourth-order valence-electron chi connectivity index (χ4n) is 2.76. The van der Waals surface area contributed by atoms with Crippen LogP contribution < -0.4 is 20.1 Å². The fourth-order valence-corrected chi connectivity index (χ4v) is 3.58. The lowest BCUT2D eigenvalue weighted by Gasteiger charge is -2.11. The lowest BCUT2D eigenvalue weighted by Crippen LogP contribution is -2.11. The molecule has 2 aromatic heterocycles. The molecular weight excluding hydrogens is 408 g/mol. The molecule has 1 aromatic carbocycles. The van der Waals surface area contributed by atoms with Gasteiger partial charge >= 0.3 is 5.69 Å². The van der Waals surface area contributed by atoms with E-state index in [2.05, 4.69) is 25.6 Å². The van der Waals surface area contributed by atoms with Gasteiger partial charge in [-0.2, -0.15) is 0 Å². The number of aryl methyl sites for hydroxylation is 2. The van der Waals surface area contributed by atoms with Crippen molar-refractivity contribution in [3.05, 3.63) is 50.8 Å². The van der Waals surface area contributed by atoms with Crippen molar-refractivity contribution in [1.82, 2.24) is 15.0 Å². The predicted octanol–water partition coefficient (Wildman–Crippen LogP) is 3.87. The largest absolute Gasteiger partial charge is 0.493 e. The summed E-state index contributed by atoms with van der Waals surface area (Å²) in [6, 6.07) is 5.61. The van der Waals surface area contributed by atoms with E-state index in [-0.39, 0.29) is 17.3 Å². The van der Waals surface area contributed by atoms with Crippen LogP contribution in [0.4, 0.5) is 22.5 Å². The summed E-state index contributed by atoms with van der Waals surface area (Å²) in [7, 11) is 3.15. The first-order valence-corrected chi connectivity index (χ1v) is 9.89. The molecule has 0 bridgehead atoms. The Labute approximate surface area is 177 Å². The molecule has 2 N–H and O–H groups in total. The van der Waals surface area contributed by atoms with Crippen molar-refractivity contribution in [2.75, 3.05) is 31.4 Å². The number of nitro groups is 1. The predicted molar refractivity (Wildman–Crippen MR) is 115 cm³/mol. The molecule has 0 aliphatic rings. The molecule has 0 saturated carbocycles. The van der Waals surface area contributed by atoms with E-state index in [0.29, 0.717) is 29.6 Å². The summed E-state index contributed by atoms with van der Waals surface area (Å²) in [6.07, 6.45) is 1.89. The Bertz CT molecular complexity index is 1040. The number of thiazole rings is 1. The Hall–Kier alpha value is -3.47. The van der Waals surface area contributed by atoms with Crippen LogP contribution in [0.1, 0.15) is 16.1 Å². The monoisotopic (exact) mass is 430 g/mol. The molecule has 0 amide bonds. The van der Waals surface area contributed by atoms with Crippen LogP contribution in [0.25, 0.3) is 0 Å². The number of nitrogens with one attached hydrogen (secondary N) is 2. The summed E-state index contributed by atoms with van der Waals surface area (Å²) < 4.78 is 10.5. The van der Waals surface area contributed by atoms with E-state index in [0.717, 1.165) is 16.1 Å². The molecule has 3 rings (SSSR count). The van der Waals surface area contributed by atoms with Crippen molar-refractivity contribution in [2.45, 2.75) is 20.3 Å². The van der Waals surface area contributed by atoms with Crippen molar-refractivity contribution in [2.24, 2.45) is 0 Å². The van der Waals surface area contributed by atoms with E-state index >= 15 is 0 Å². The van der Waals surface area contributed by atoms with Gasteiger partial charge in [-0.25, -0.2) is 15.0 Å². The van der Waals surface area contributed by atoms with Crippen LogP contribution in [-0.4, -0.2) is 40.6 Å². The van der Waals surface area contributed by atoms with Crippen LogP contribution in [0.15, 0.2) is 24.5 Å². The van der Waals surface area contributed by atoms with E-state index in [1.807, 2.05) is 32.0 Å². The smallest absolute Gasteiger partial charge is 0.353 e. The third-order valence-electron chi connectivity index (χ3n) is 4.41. The molecule has 0 spiro atoms. The Morgan fingerprint density at radius 1 is 1.13 bits per heavy atom. The van der Waals surface area contributed by atoms with Gasteiger partial charge in [-0.3, -0.25) is 10.1 Å². The van der Waals surface area contributed by atoms with Gasteiger partial charge in [0.05, 0.1) is 24.8 Å². The number of methoxy groups -OCH3 is 2. The van der Waals surface area contributed by atoms with Gasteiger partial charge in [-0.1, -0.05) is 6.07 Å². The maximum atomic E-state index is 11.7. The normalized spacial score (nSPS) is 10.5. The first kappa shape index (κ1) is 21.2. The molecular formula is C19H22N6O4S. The van der Waals surface area contributed by atoms with Crippen LogP contribution in [0.3, 0.4) is 0 Å². The highest BCUT2D eigenvalue weighted by Gasteiger charge is 2.23. The molecule has 3 aromatic rings. The lowest BCUT2D eigenvalue weighted by molar-refractivity contribution is -0.383. The summed E-state index contributed by atoms with van der Waals surface area (Å²) in [5.41, 5.74) is 1.63. The first-order chi connectivity index (χ1) is 14.4. The van der Waals surface area contributed by atoms with Gasteiger partial charge < -0.3 is 20.1 Å². The first-order valence-electron chi connectivity index (χ1n) is 9.08. The maximum Gasteiger partial charge on any atom is 0.353 e. The molecule has 0 saturated heterocycles. The maximum absolute atomic E-state index is 11.7. The van der Waals surface area contributed by atoms with E-state index in [9.17, 15) is 10.1 Å². The van der Waals surface area contributed by atoms with Crippen molar-refractivity contribution >= 4 is 33.8 Å². The van der Waals surface area contributed by atoms with E-state index in [1.165, 1.54) is 17.7 Å². The van der Waals surface area contributed by atoms with Gasteiger partial charge in [0.15, 0.2) is 16.6 Å². The number of hydrogen-bond acceptors (Lipinski definition) is 10. The minimum absolute atomic E-state index is 0.0948. The fraction of sp³-hybridized carbons (Fsp3) is 0.316. The number of ether oxygens (including phenoxy) is 2. The summed E-state index contributed by atoms with van der Waals surface area (Å²) in [5.74, 6) is 1.51. The van der Waals surface area contributed by atoms with Crippen LogP contribution in [0.2, 0.25) is 0 Å². The topological polar surface area (TPSA) is 124 Å². The van der Waals surface area contributed by atoms with Crippen LogP contribution in [0.5, 0.6) is 11.5 Å². The average Bonchev–Trinajstić information content (AvgIpc) is 3.04. The molecule has 0 unspecified atom stereocenters. The zero-order valence-electron chi connectivity index (χ0n) is 17.1. The highest BCUT2D eigenvalue weighted by Crippen LogP contribution is 2.33. The highest BCUT2D eigenvalue weighted by molar-refractivity contribution is 7.15. The Balaban J connectivity index is 1.75. The standard InChI is InChI=1S/C19H22N6O4S/c1-11-12(2)30-19(23-11)24-18-16(25(26)27)17(21-10-22-18)20-8-7-13-5-6-14(28-3)15(9-13)29-4/h5-6,9-10H,7-8H2,1-4H3,(H2,20,21,22,23,24). The van der Waals surface area contributed by atoms with E-state index < -0.39 is 4.92 Å². The van der Waals surface area contributed by atoms with Crippen molar-refractivity contribution in [3.8, 4) is 11.5 Å². The molecule has 0 fully saturated rings. The SMILES string of the molecule is COc1ccc(CCNc2ncnc(Nc3nc(C)c(C)s3)c2[N+](=O)[O-])cc1OC. The van der Waals surface area contributed by atoms with E-state index in [4.69, 9.17) is 9.47 Å². The van der Waals surface area contributed by atoms with Gasteiger partial charge in [-0.15, -0.1) is 11.3 Å². The molecule has 2 heterocycles. The molecule has 0 aliphatic heterocycles. The Kier molecular flexibility index (Phi) is 6.62. The number of benzene rings is 1. The van der Waals surface area contributed by atoms with Gasteiger partial charge in [0.1, 0.15) is 6.33 Å². The Morgan fingerprint density at radius 2 is 1.87 bits per heavy atom. The third kappa shape index (κ3) is 4.74. The zero-order valence-corrected chi connectivity index (χ0v) is 17.9. The van der Waals surface area contributed by atoms with Crippen LogP contribution >= 0.6 is 11.3 Å². The second-order valence-electron chi connectivity index (χ2n) is 6.33. The van der Waals surface area contributed by atoms with Crippen LogP contribution in [0, 0.1) is 24.0 Å². The third-order valence-corrected chi connectivity index (χ3v) is 5.40. The molecule has 30 heavy (non-hydrogen) atoms. The summed E-state index contributed by atoms with van der Waals surface area (Å²) in [4.78, 5) is 24.7. The van der Waals surface area contributed by atoms with E-state index in [1.54, 1.807) is 14.2 Å². The molecule has 10 nitrogen and oxygen atoms in total. The number of nitrogens with zero attached hydrogens (tertiary/aromatic N) is 4. The Morgan fingerprint density at radius 3 is 2.50 bits per heavy atom. The van der Waals surface area contributed by atoms with Gasteiger partial charge in [0.2, 0.25) is 11.6 Å². The van der Waals surface area contributed by atoms with Crippen molar-refractivity contribution in [3.63, 3.8) is 0 Å². The number of aromatic nitrogens is 3. The summed E-state index contributed by atoms with van der Waals surface area (Å²) in [6.45, 7) is 4.25. The number of anilines is 3. The number of hydrogen-bond donors (Lipinski definition) is 2. The molecule has 11 heteroatoms. The second kappa shape index (κ2) is 9.35. The highest BCUT2D eigenvalue weighted by atomic mass is 32.1. The number of rotatable bonds is 9. The van der Waals surface area contributed by atoms with Crippen molar-refractivity contribution in [1.29, 1.82) is 0 Å². The second-order valence-corrected chi connectivity index (χ2v) is 7.53.